The molecule has 0 saturated carbocycles. The molecule has 13 nitrogen and oxygen atoms in total. The molecule has 6 aromatic rings. The topological polar surface area (TPSA) is 196 Å². The van der Waals surface area contributed by atoms with Crippen molar-refractivity contribution in [3.05, 3.63) is 111 Å². The fraction of sp³-hybridized carbons (Fsp3) is 0.0769. The first kappa shape index (κ1) is 31.5. The summed E-state index contributed by atoms with van der Waals surface area (Å²) in [6, 6.07) is 11.6. The summed E-state index contributed by atoms with van der Waals surface area (Å²) in [5, 5.41) is 0.0444. The van der Waals surface area contributed by atoms with Gasteiger partial charge in [-0.3, -0.25) is 13.9 Å². The normalized spacial score (nSPS) is 12.0. The van der Waals surface area contributed by atoms with E-state index in [0.717, 1.165) is 5.56 Å². The molecule has 0 fully saturated rings. The Morgan fingerprint density at radius 2 is 1.18 bits per heavy atom. The van der Waals surface area contributed by atoms with Gasteiger partial charge in [-0.2, -0.15) is 0 Å². The molecule has 0 atom stereocenters. The molecule has 44 heavy (non-hydrogen) atoms. The SMILES string of the molecule is O=P(O)(O)c1ccc(Cn2cc(F)c3c(Br)ncnc32)cc1.O=c1[nH]cnc2c1c(F)cn2Cc1ccc(P(=O)(O)O)cc1. The quantitative estimate of drug-likeness (QED) is 0.127. The molecule has 4 aromatic heterocycles. The van der Waals surface area contributed by atoms with Crippen molar-refractivity contribution in [2.45, 2.75) is 13.1 Å². The number of rotatable bonds is 6. The molecule has 0 aliphatic heterocycles. The number of nitrogens with one attached hydrogen (secondary N) is 1. The van der Waals surface area contributed by atoms with Crippen LogP contribution >= 0.6 is 31.1 Å². The second-order valence-corrected chi connectivity index (χ2v) is 13.4. The smallest absolute Gasteiger partial charge is 0.325 e. The molecule has 0 spiro atoms. The monoisotopic (exact) mass is 708 g/mol. The molecule has 0 saturated heterocycles. The summed E-state index contributed by atoms with van der Waals surface area (Å²) in [6.07, 6.45) is 5.02. The molecule has 6 rings (SSSR count). The summed E-state index contributed by atoms with van der Waals surface area (Å²) in [4.78, 5) is 62.1. The van der Waals surface area contributed by atoms with Crippen molar-refractivity contribution in [1.82, 2.24) is 29.1 Å². The van der Waals surface area contributed by atoms with Gasteiger partial charge in [-0.15, -0.1) is 0 Å². The molecule has 0 unspecified atom stereocenters. The minimum atomic E-state index is -4.29. The van der Waals surface area contributed by atoms with E-state index in [0.29, 0.717) is 27.7 Å². The van der Waals surface area contributed by atoms with Crippen molar-refractivity contribution in [3.63, 3.8) is 0 Å². The average molecular weight is 709 g/mol. The highest BCUT2D eigenvalue weighted by atomic mass is 79.9. The highest BCUT2D eigenvalue weighted by Gasteiger charge is 2.18. The zero-order valence-electron chi connectivity index (χ0n) is 22.1. The van der Waals surface area contributed by atoms with Crippen molar-refractivity contribution in [2.75, 3.05) is 0 Å². The molecule has 0 aliphatic carbocycles. The molecule has 5 N–H and O–H groups in total. The number of aromatic nitrogens is 6. The van der Waals surface area contributed by atoms with Crippen molar-refractivity contribution >= 4 is 63.8 Å². The Kier molecular flexibility index (Phi) is 8.78. The Morgan fingerprint density at radius 1 is 0.727 bits per heavy atom. The van der Waals surface area contributed by atoms with Gasteiger partial charge >= 0.3 is 15.2 Å². The maximum absolute atomic E-state index is 14.0. The van der Waals surface area contributed by atoms with E-state index in [1.54, 1.807) is 16.7 Å². The van der Waals surface area contributed by atoms with Crippen LogP contribution in [0.1, 0.15) is 11.1 Å². The van der Waals surface area contributed by atoms with E-state index in [-0.39, 0.29) is 28.2 Å². The lowest BCUT2D eigenvalue weighted by atomic mass is 10.2. The molecule has 0 aliphatic rings. The van der Waals surface area contributed by atoms with Crippen LogP contribution in [0.5, 0.6) is 0 Å². The summed E-state index contributed by atoms with van der Waals surface area (Å²) >= 11 is 3.19. The Labute approximate surface area is 254 Å². The number of H-pyrrole nitrogens is 1. The number of hydrogen-bond acceptors (Lipinski definition) is 6. The fourth-order valence-corrected chi connectivity index (χ4v) is 5.89. The van der Waals surface area contributed by atoms with Crippen molar-refractivity contribution in [2.24, 2.45) is 0 Å². The lowest BCUT2D eigenvalue weighted by molar-refractivity contribution is 0.385. The zero-order valence-corrected chi connectivity index (χ0v) is 25.5. The zero-order chi connectivity index (χ0) is 31.8. The van der Waals surface area contributed by atoms with Gasteiger partial charge in [0, 0.05) is 25.5 Å². The Balaban J connectivity index is 0.000000175. The summed E-state index contributed by atoms with van der Waals surface area (Å²) in [6.45, 7) is 0.545. The molecular formula is C26H21BrF2N6O7P2. The van der Waals surface area contributed by atoms with Gasteiger partial charge in [0.1, 0.15) is 22.0 Å². The predicted octanol–water partition coefficient (Wildman–Crippen LogP) is 2.90. The molecular weight excluding hydrogens is 688 g/mol. The number of hydrogen-bond donors (Lipinski definition) is 5. The van der Waals surface area contributed by atoms with Gasteiger partial charge < -0.3 is 33.7 Å². The van der Waals surface area contributed by atoms with E-state index >= 15 is 0 Å². The Hall–Kier alpha value is -3.88. The number of halogens is 3. The third-order valence-electron chi connectivity index (χ3n) is 6.43. The Bertz CT molecular complexity index is 2140. The van der Waals surface area contributed by atoms with Crippen LogP contribution in [-0.4, -0.2) is 48.6 Å². The average Bonchev–Trinajstić information content (AvgIpc) is 3.45. The molecule has 2 aromatic carbocycles. The van der Waals surface area contributed by atoms with Crippen LogP contribution in [0.4, 0.5) is 8.78 Å². The predicted molar refractivity (Wildman–Crippen MR) is 160 cm³/mol. The second-order valence-electron chi connectivity index (χ2n) is 9.42. The summed E-state index contributed by atoms with van der Waals surface area (Å²) in [5.74, 6) is -1.11. The van der Waals surface area contributed by atoms with E-state index in [1.807, 2.05) is 0 Å². The van der Waals surface area contributed by atoms with Crippen molar-refractivity contribution in [1.29, 1.82) is 0 Å². The van der Waals surface area contributed by atoms with Crippen LogP contribution in [0.2, 0.25) is 0 Å². The van der Waals surface area contributed by atoms with Crippen LogP contribution in [0.25, 0.3) is 22.1 Å². The second kappa shape index (κ2) is 12.3. The van der Waals surface area contributed by atoms with E-state index < -0.39 is 32.4 Å². The first-order valence-electron chi connectivity index (χ1n) is 12.4. The van der Waals surface area contributed by atoms with Gasteiger partial charge in [-0.1, -0.05) is 24.3 Å². The summed E-state index contributed by atoms with van der Waals surface area (Å²) in [5.41, 5.74) is 1.55. The highest BCUT2D eigenvalue weighted by Crippen LogP contribution is 2.34. The third-order valence-corrected chi connectivity index (χ3v) is 8.97. The van der Waals surface area contributed by atoms with Crippen LogP contribution in [-0.2, 0) is 22.2 Å². The van der Waals surface area contributed by atoms with E-state index in [9.17, 15) is 22.7 Å². The van der Waals surface area contributed by atoms with Gasteiger partial charge in [0.25, 0.3) is 5.56 Å². The van der Waals surface area contributed by atoms with Crippen LogP contribution < -0.4 is 16.2 Å². The number of fused-ring (bicyclic) bond motifs is 2. The van der Waals surface area contributed by atoms with Crippen molar-refractivity contribution < 1.29 is 37.5 Å². The van der Waals surface area contributed by atoms with Gasteiger partial charge in [0.15, 0.2) is 17.3 Å². The fourth-order valence-electron chi connectivity index (χ4n) is 4.35. The molecule has 0 amide bonds. The van der Waals surface area contributed by atoms with Crippen LogP contribution in [0.15, 0.2) is 83.0 Å². The maximum atomic E-state index is 14.0. The van der Waals surface area contributed by atoms with Gasteiger partial charge in [-0.25, -0.2) is 23.7 Å². The van der Waals surface area contributed by atoms with E-state index in [4.69, 9.17) is 19.6 Å². The lowest BCUT2D eigenvalue weighted by Gasteiger charge is -2.07. The minimum absolute atomic E-state index is 0.0511. The molecule has 18 heteroatoms. The van der Waals surface area contributed by atoms with Gasteiger partial charge in [-0.05, 0) is 51.3 Å². The minimum Gasteiger partial charge on any atom is -0.325 e. The highest BCUT2D eigenvalue weighted by molar-refractivity contribution is 9.10. The maximum Gasteiger partial charge on any atom is 0.356 e. The summed E-state index contributed by atoms with van der Waals surface area (Å²) in [7, 11) is -8.54. The summed E-state index contributed by atoms with van der Waals surface area (Å²) < 4.78 is 53.5. The molecule has 228 valence electrons. The van der Waals surface area contributed by atoms with E-state index in [1.165, 1.54) is 66.0 Å². The van der Waals surface area contributed by atoms with Gasteiger partial charge in [0.2, 0.25) is 0 Å². The molecule has 0 radical (unpaired) electrons. The number of nitrogens with zero attached hydrogens (tertiary/aromatic N) is 5. The van der Waals surface area contributed by atoms with Crippen molar-refractivity contribution in [3.8, 4) is 0 Å². The Morgan fingerprint density at radius 3 is 1.66 bits per heavy atom. The molecule has 0 bridgehead atoms. The first-order chi connectivity index (χ1) is 20.7. The van der Waals surface area contributed by atoms with Crippen LogP contribution in [0.3, 0.4) is 0 Å². The van der Waals surface area contributed by atoms with Gasteiger partial charge in [0.05, 0.1) is 22.3 Å². The largest absolute Gasteiger partial charge is 0.356 e. The van der Waals surface area contributed by atoms with Crippen LogP contribution in [0, 0.1) is 11.6 Å². The third kappa shape index (κ3) is 6.76. The standard InChI is InChI=1S/C13H10BrFN3O3P.C13H11FN3O4P/c14-12-11-10(15)6-18(13(11)17-7-16-12)5-8-1-3-9(4-2-8)22(19,20)21;14-10-6-17(12-11(10)13(18)16-7-15-12)5-8-1-3-9(4-2-8)22(19,20)21/h1-4,6-7H,5H2,(H2,19,20,21);1-4,6-7H,5H2,(H,15,16,18)(H2,19,20,21). The number of benzene rings is 2. The molecule has 4 heterocycles. The van der Waals surface area contributed by atoms with E-state index in [2.05, 4.69) is 35.9 Å². The first-order valence-corrected chi connectivity index (χ1v) is 16.4. The number of aromatic amines is 1. The lowest BCUT2D eigenvalue weighted by Crippen LogP contribution is -2.08.